The van der Waals surface area contributed by atoms with Crippen LogP contribution in [0.2, 0.25) is 0 Å². The largest absolute Gasteiger partial charge is 0.375 e. The Bertz CT molecular complexity index is 325. The fourth-order valence-electron chi connectivity index (χ4n) is 1.45. The van der Waals surface area contributed by atoms with Crippen molar-refractivity contribution in [3.8, 4) is 0 Å². The Morgan fingerprint density at radius 1 is 1.31 bits per heavy atom. The molecule has 0 aliphatic carbocycles. The Kier molecular flexibility index (Phi) is 2.03. The maximum Gasteiger partial charge on any atom is 0.0658 e. The second-order valence-electron chi connectivity index (χ2n) is 4.43. The molecule has 0 saturated heterocycles. The molecule has 1 nitrogen and oxygen atoms in total. The van der Waals surface area contributed by atoms with Crippen LogP contribution in [-0.2, 0) is 5.41 Å². The standard InChI is InChI=1S/C11H15NS/c1-11(2,3)8-4-5-9-10(6-8)13-7-12-9/h4-6,12H,7H2,1-3H3. The van der Waals surface area contributed by atoms with Crippen LogP contribution in [-0.4, -0.2) is 5.88 Å². The molecule has 0 amide bonds. The summed E-state index contributed by atoms with van der Waals surface area (Å²) < 4.78 is 0. The molecule has 0 bridgehead atoms. The number of anilines is 1. The van der Waals surface area contributed by atoms with Crippen LogP contribution in [0.1, 0.15) is 26.3 Å². The van der Waals surface area contributed by atoms with Crippen molar-refractivity contribution in [2.45, 2.75) is 31.1 Å². The molecular formula is C11H15NS. The monoisotopic (exact) mass is 193 g/mol. The molecular weight excluding hydrogens is 178 g/mol. The minimum atomic E-state index is 0.262. The van der Waals surface area contributed by atoms with Gasteiger partial charge in [-0.3, -0.25) is 0 Å². The van der Waals surface area contributed by atoms with Gasteiger partial charge in [0.05, 0.1) is 5.88 Å². The van der Waals surface area contributed by atoms with E-state index in [-0.39, 0.29) is 5.41 Å². The molecule has 0 atom stereocenters. The second-order valence-corrected chi connectivity index (χ2v) is 5.44. The first-order valence-electron chi connectivity index (χ1n) is 4.58. The van der Waals surface area contributed by atoms with Crippen molar-refractivity contribution >= 4 is 17.4 Å². The van der Waals surface area contributed by atoms with Gasteiger partial charge in [0.15, 0.2) is 0 Å². The van der Waals surface area contributed by atoms with Crippen LogP contribution in [0.3, 0.4) is 0 Å². The SMILES string of the molecule is CC(C)(C)c1ccc2c(c1)SCN2. The zero-order valence-corrected chi connectivity index (χ0v) is 9.16. The topological polar surface area (TPSA) is 12.0 Å². The third kappa shape index (κ3) is 1.68. The highest BCUT2D eigenvalue weighted by molar-refractivity contribution is 7.99. The number of thioether (sulfide) groups is 1. The first kappa shape index (κ1) is 8.95. The quantitative estimate of drug-likeness (QED) is 0.677. The van der Waals surface area contributed by atoms with Crippen LogP contribution in [0, 0.1) is 0 Å². The Morgan fingerprint density at radius 3 is 2.77 bits per heavy atom. The molecule has 1 aliphatic heterocycles. The summed E-state index contributed by atoms with van der Waals surface area (Å²) in [5.41, 5.74) is 2.97. The van der Waals surface area contributed by atoms with Crippen molar-refractivity contribution in [1.82, 2.24) is 0 Å². The minimum Gasteiger partial charge on any atom is -0.375 e. The highest BCUT2D eigenvalue weighted by atomic mass is 32.2. The second kappa shape index (κ2) is 2.95. The van der Waals surface area contributed by atoms with Crippen LogP contribution in [0.15, 0.2) is 23.1 Å². The number of nitrogens with one attached hydrogen (secondary N) is 1. The van der Waals surface area contributed by atoms with Gasteiger partial charge in [0.1, 0.15) is 0 Å². The normalized spacial score (nSPS) is 15.3. The number of fused-ring (bicyclic) bond motifs is 1. The van der Waals surface area contributed by atoms with E-state index >= 15 is 0 Å². The zero-order chi connectivity index (χ0) is 9.47. The van der Waals surface area contributed by atoms with E-state index in [1.54, 1.807) is 0 Å². The molecule has 0 radical (unpaired) electrons. The smallest absolute Gasteiger partial charge is 0.0658 e. The Morgan fingerprint density at radius 2 is 2.08 bits per heavy atom. The number of rotatable bonds is 0. The van der Waals surface area contributed by atoms with E-state index in [1.807, 2.05) is 11.8 Å². The van der Waals surface area contributed by atoms with E-state index in [1.165, 1.54) is 16.1 Å². The van der Waals surface area contributed by atoms with Gasteiger partial charge in [0, 0.05) is 10.6 Å². The maximum atomic E-state index is 3.34. The van der Waals surface area contributed by atoms with Crippen molar-refractivity contribution in [2.75, 3.05) is 11.2 Å². The molecule has 0 saturated carbocycles. The fraction of sp³-hybridized carbons (Fsp3) is 0.455. The van der Waals surface area contributed by atoms with Gasteiger partial charge in [-0.25, -0.2) is 0 Å². The third-order valence-electron chi connectivity index (χ3n) is 2.34. The van der Waals surface area contributed by atoms with E-state index in [2.05, 4.69) is 44.3 Å². The van der Waals surface area contributed by atoms with Gasteiger partial charge in [-0.15, -0.1) is 11.8 Å². The van der Waals surface area contributed by atoms with Crippen molar-refractivity contribution < 1.29 is 0 Å². The Labute approximate surface area is 83.9 Å². The van der Waals surface area contributed by atoms with Crippen molar-refractivity contribution in [3.63, 3.8) is 0 Å². The van der Waals surface area contributed by atoms with Gasteiger partial charge in [0.2, 0.25) is 0 Å². The van der Waals surface area contributed by atoms with Gasteiger partial charge < -0.3 is 5.32 Å². The number of hydrogen-bond acceptors (Lipinski definition) is 2. The molecule has 1 aromatic rings. The van der Waals surface area contributed by atoms with Crippen LogP contribution in [0.4, 0.5) is 5.69 Å². The van der Waals surface area contributed by atoms with Gasteiger partial charge >= 0.3 is 0 Å². The Balaban J connectivity index is 2.42. The van der Waals surface area contributed by atoms with Gasteiger partial charge in [-0.1, -0.05) is 26.8 Å². The molecule has 1 N–H and O–H groups in total. The lowest BCUT2D eigenvalue weighted by Crippen LogP contribution is -2.10. The van der Waals surface area contributed by atoms with E-state index in [9.17, 15) is 0 Å². The van der Waals surface area contributed by atoms with Gasteiger partial charge in [0.25, 0.3) is 0 Å². The fourth-order valence-corrected chi connectivity index (χ4v) is 2.34. The lowest BCUT2D eigenvalue weighted by atomic mass is 9.87. The first-order chi connectivity index (χ1) is 6.07. The average Bonchev–Trinajstić information content (AvgIpc) is 2.47. The van der Waals surface area contributed by atoms with Crippen LogP contribution >= 0.6 is 11.8 Å². The molecule has 2 rings (SSSR count). The van der Waals surface area contributed by atoms with Crippen LogP contribution < -0.4 is 5.32 Å². The van der Waals surface area contributed by atoms with Crippen LogP contribution in [0.25, 0.3) is 0 Å². The molecule has 2 heteroatoms. The highest BCUT2D eigenvalue weighted by Crippen LogP contribution is 2.36. The van der Waals surface area contributed by atoms with Crippen molar-refractivity contribution in [2.24, 2.45) is 0 Å². The van der Waals surface area contributed by atoms with Gasteiger partial charge in [-0.05, 0) is 23.1 Å². The zero-order valence-electron chi connectivity index (χ0n) is 8.35. The van der Waals surface area contributed by atoms with E-state index in [0.29, 0.717) is 0 Å². The molecule has 0 unspecified atom stereocenters. The number of benzene rings is 1. The minimum absolute atomic E-state index is 0.262. The summed E-state index contributed by atoms with van der Waals surface area (Å²) in [6.45, 7) is 6.76. The van der Waals surface area contributed by atoms with Crippen molar-refractivity contribution in [1.29, 1.82) is 0 Å². The summed E-state index contributed by atoms with van der Waals surface area (Å²) >= 11 is 1.89. The summed E-state index contributed by atoms with van der Waals surface area (Å²) in [7, 11) is 0. The lowest BCUT2D eigenvalue weighted by Gasteiger charge is -2.19. The van der Waals surface area contributed by atoms with Crippen molar-refractivity contribution in [3.05, 3.63) is 23.8 Å². The summed E-state index contributed by atoms with van der Waals surface area (Å²) in [6.07, 6.45) is 0. The summed E-state index contributed by atoms with van der Waals surface area (Å²) in [6, 6.07) is 6.72. The predicted octanol–water partition coefficient (Wildman–Crippen LogP) is 3.46. The maximum absolute atomic E-state index is 3.34. The molecule has 0 aromatic heterocycles. The summed E-state index contributed by atoms with van der Waals surface area (Å²) in [5, 5.41) is 3.34. The predicted molar refractivity (Wildman–Crippen MR) is 59.5 cm³/mol. The van der Waals surface area contributed by atoms with E-state index < -0.39 is 0 Å². The molecule has 1 heterocycles. The Hall–Kier alpha value is -0.630. The molecule has 0 fully saturated rings. The van der Waals surface area contributed by atoms with E-state index in [4.69, 9.17) is 0 Å². The molecule has 70 valence electrons. The summed E-state index contributed by atoms with van der Waals surface area (Å²) in [5.74, 6) is 1.02. The number of hydrogen-bond donors (Lipinski definition) is 1. The van der Waals surface area contributed by atoms with Gasteiger partial charge in [-0.2, -0.15) is 0 Å². The molecule has 1 aromatic carbocycles. The lowest BCUT2D eigenvalue weighted by molar-refractivity contribution is 0.589. The molecule has 1 aliphatic rings. The first-order valence-corrected chi connectivity index (χ1v) is 5.57. The third-order valence-corrected chi connectivity index (χ3v) is 3.28. The molecule has 13 heavy (non-hydrogen) atoms. The van der Waals surface area contributed by atoms with E-state index in [0.717, 1.165) is 5.88 Å². The molecule has 0 spiro atoms. The van der Waals surface area contributed by atoms with Crippen LogP contribution in [0.5, 0.6) is 0 Å². The highest BCUT2D eigenvalue weighted by Gasteiger charge is 2.17. The average molecular weight is 193 g/mol. The summed E-state index contributed by atoms with van der Waals surface area (Å²) in [4.78, 5) is 1.40.